The van der Waals surface area contributed by atoms with Crippen molar-refractivity contribution < 1.29 is 26.4 Å². The van der Waals surface area contributed by atoms with Gasteiger partial charge in [0.05, 0.1) is 0 Å². The summed E-state index contributed by atoms with van der Waals surface area (Å²) in [6, 6.07) is 3.25. The second kappa shape index (κ2) is 6.79. The second-order valence-electron chi connectivity index (χ2n) is 7.03. The van der Waals surface area contributed by atoms with Crippen LogP contribution in [-0.2, 0) is 20.4 Å². The van der Waals surface area contributed by atoms with Gasteiger partial charge in [0, 0.05) is 24.8 Å². The van der Waals surface area contributed by atoms with Crippen LogP contribution >= 0.6 is 0 Å². The maximum atomic E-state index is 14.5. The first-order valence-electron chi connectivity index (χ1n) is 7.93. The van der Waals surface area contributed by atoms with Crippen LogP contribution in [0.1, 0.15) is 26.3 Å². The van der Waals surface area contributed by atoms with Gasteiger partial charge in [0.1, 0.15) is 21.9 Å². The summed E-state index contributed by atoms with van der Waals surface area (Å²) in [5.74, 6) is -2.49. The van der Waals surface area contributed by atoms with E-state index in [1.807, 2.05) is 5.32 Å². The molecular formula is C16H21F3N4O3S. The molecular weight excluding hydrogens is 385 g/mol. The van der Waals surface area contributed by atoms with Gasteiger partial charge in [-0.1, -0.05) is 0 Å². The average molecular weight is 406 g/mol. The van der Waals surface area contributed by atoms with Gasteiger partial charge in [-0.25, -0.2) is 17.1 Å². The van der Waals surface area contributed by atoms with Crippen LogP contribution in [0.4, 0.5) is 18.9 Å². The van der Waals surface area contributed by atoms with Crippen molar-refractivity contribution in [1.29, 1.82) is 0 Å². The van der Waals surface area contributed by atoms with Crippen LogP contribution in [0.5, 0.6) is 0 Å². The molecule has 2 rings (SSSR count). The van der Waals surface area contributed by atoms with Gasteiger partial charge in [0.2, 0.25) is 10.0 Å². The number of alkyl halides is 2. The maximum absolute atomic E-state index is 14.5. The number of anilines is 1. The number of rotatable bonds is 3. The number of nitrogens with two attached hydrogens (primary N) is 1. The van der Waals surface area contributed by atoms with Gasteiger partial charge >= 0.3 is 6.43 Å². The number of nitrogens with zero attached hydrogens (tertiary/aromatic N) is 2. The normalized spacial score (nSPS) is 25.0. The van der Waals surface area contributed by atoms with Crippen molar-refractivity contribution in [2.45, 2.75) is 37.5 Å². The van der Waals surface area contributed by atoms with Crippen LogP contribution in [0.3, 0.4) is 0 Å². The summed E-state index contributed by atoms with van der Waals surface area (Å²) in [4.78, 5) is 15.5. The summed E-state index contributed by atoms with van der Waals surface area (Å²) in [6.07, 6.45) is -3.24. The largest absolute Gasteiger partial charge is 0.386 e. The molecule has 1 amide bonds. The van der Waals surface area contributed by atoms with Crippen LogP contribution in [0.2, 0.25) is 0 Å². The number of halogens is 3. The van der Waals surface area contributed by atoms with Crippen LogP contribution in [0.15, 0.2) is 23.2 Å². The fourth-order valence-corrected chi connectivity index (χ4v) is 4.34. The number of sulfonamides is 1. The fourth-order valence-electron chi connectivity index (χ4n) is 2.83. The van der Waals surface area contributed by atoms with Gasteiger partial charge in [0.15, 0.2) is 0 Å². The highest BCUT2D eigenvalue weighted by atomic mass is 32.2. The van der Waals surface area contributed by atoms with E-state index in [4.69, 9.17) is 5.73 Å². The van der Waals surface area contributed by atoms with Gasteiger partial charge in [-0.3, -0.25) is 9.79 Å². The van der Waals surface area contributed by atoms with E-state index >= 15 is 0 Å². The lowest BCUT2D eigenvalue weighted by Gasteiger charge is -2.29. The molecule has 27 heavy (non-hydrogen) atoms. The number of aliphatic imine (C=N–C) groups is 1. The summed E-state index contributed by atoms with van der Waals surface area (Å²) in [5, 5.41) is 1.97. The molecule has 0 spiro atoms. The zero-order valence-electron chi connectivity index (χ0n) is 15.3. The summed E-state index contributed by atoms with van der Waals surface area (Å²) < 4.78 is 64.3. The number of carbonyl (C=O) groups excluding carboxylic acids is 1. The van der Waals surface area contributed by atoms with Gasteiger partial charge < -0.3 is 11.1 Å². The molecule has 11 heteroatoms. The molecule has 3 N–H and O–H groups in total. The van der Waals surface area contributed by atoms with Crippen molar-refractivity contribution in [2.75, 3.05) is 18.9 Å². The van der Waals surface area contributed by atoms with Crippen molar-refractivity contribution >= 4 is 27.5 Å². The molecule has 0 aromatic heterocycles. The average Bonchev–Trinajstić information content (AvgIpc) is 2.59. The van der Waals surface area contributed by atoms with E-state index in [-0.39, 0.29) is 23.6 Å². The molecule has 7 nitrogen and oxygen atoms in total. The topological polar surface area (TPSA) is 105 Å². The fraction of sp³-hybridized carbons (Fsp3) is 0.500. The Kier molecular flexibility index (Phi) is 5.32. The van der Waals surface area contributed by atoms with Gasteiger partial charge in [-0.05, 0) is 39.0 Å². The number of hydrogen-bond acceptors (Lipinski definition) is 5. The Morgan fingerprint density at radius 2 is 1.93 bits per heavy atom. The first-order chi connectivity index (χ1) is 12.2. The van der Waals surface area contributed by atoms with Crippen LogP contribution in [-0.4, -0.2) is 49.2 Å². The number of carbonyl (C=O) groups is 1. The molecule has 0 aliphatic carbocycles. The van der Waals surface area contributed by atoms with Crippen LogP contribution in [0.25, 0.3) is 0 Å². The third kappa shape index (κ3) is 3.65. The lowest BCUT2D eigenvalue weighted by Crippen LogP contribution is -2.50. The number of hydrogen-bond donors (Lipinski definition) is 2. The molecule has 1 aliphatic rings. The third-order valence-corrected chi connectivity index (χ3v) is 7.03. The van der Waals surface area contributed by atoms with Crippen molar-refractivity contribution in [3.05, 3.63) is 29.6 Å². The van der Waals surface area contributed by atoms with Crippen LogP contribution in [0, 0.1) is 5.82 Å². The molecule has 0 bridgehead atoms. The van der Waals surface area contributed by atoms with Crippen molar-refractivity contribution in [3.8, 4) is 0 Å². The molecule has 0 fully saturated rings. The zero-order valence-corrected chi connectivity index (χ0v) is 16.1. The predicted octanol–water partition coefficient (Wildman–Crippen LogP) is 1.66. The molecule has 1 heterocycles. The minimum absolute atomic E-state index is 0.0688. The molecule has 1 unspecified atom stereocenters. The number of likely N-dealkylation sites (N-methyl/N-ethyl adjacent to an activating group) is 1. The number of benzene rings is 1. The lowest BCUT2D eigenvalue weighted by atomic mass is 9.91. The zero-order chi connectivity index (χ0) is 20.8. The third-order valence-electron chi connectivity index (χ3n) is 4.58. The SMILES string of the molecule is CN1CC(C)(c2cc(NC(=O)C(F)F)ccc2F)N=C(N)C(C)(C)S1(=O)=O. The minimum atomic E-state index is -3.87. The van der Waals surface area contributed by atoms with E-state index < -0.39 is 38.5 Å². The quantitative estimate of drug-likeness (QED) is 0.796. The van der Waals surface area contributed by atoms with E-state index in [1.165, 1.54) is 27.8 Å². The highest BCUT2D eigenvalue weighted by Crippen LogP contribution is 2.36. The Bertz CT molecular complexity index is 902. The van der Waals surface area contributed by atoms with Gasteiger partial charge in [0.25, 0.3) is 5.91 Å². The Hall–Kier alpha value is -2.14. The van der Waals surface area contributed by atoms with E-state index in [2.05, 4.69) is 4.99 Å². The Balaban J connectivity index is 2.59. The Labute approximate surface area is 155 Å². The number of nitrogens with one attached hydrogen (secondary N) is 1. The second-order valence-corrected chi connectivity index (χ2v) is 9.62. The summed E-state index contributed by atoms with van der Waals surface area (Å²) in [7, 11) is -2.55. The molecule has 0 saturated heterocycles. The maximum Gasteiger partial charge on any atom is 0.315 e. The lowest BCUT2D eigenvalue weighted by molar-refractivity contribution is -0.126. The van der Waals surface area contributed by atoms with Crippen molar-refractivity contribution in [2.24, 2.45) is 10.7 Å². The van der Waals surface area contributed by atoms with Crippen LogP contribution < -0.4 is 11.1 Å². The predicted molar refractivity (Wildman–Crippen MR) is 95.6 cm³/mol. The van der Waals surface area contributed by atoms with E-state index in [9.17, 15) is 26.4 Å². The summed E-state index contributed by atoms with van der Waals surface area (Å²) in [5.41, 5.74) is 4.33. The first-order valence-corrected chi connectivity index (χ1v) is 9.37. The molecule has 1 atom stereocenters. The summed E-state index contributed by atoms with van der Waals surface area (Å²) in [6.45, 7) is 4.02. The van der Waals surface area contributed by atoms with Gasteiger partial charge in [-0.2, -0.15) is 8.78 Å². The van der Waals surface area contributed by atoms with Gasteiger partial charge in [-0.15, -0.1) is 0 Å². The molecule has 0 radical (unpaired) electrons. The Morgan fingerprint density at radius 1 is 1.33 bits per heavy atom. The molecule has 0 saturated carbocycles. The Morgan fingerprint density at radius 3 is 2.48 bits per heavy atom. The number of amidine groups is 1. The highest BCUT2D eigenvalue weighted by molar-refractivity contribution is 7.91. The van der Waals surface area contributed by atoms with Crippen molar-refractivity contribution in [3.63, 3.8) is 0 Å². The van der Waals surface area contributed by atoms with E-state index in [0.717, 1.165) is 22.5 Å². The minimum Gasteiger partial charge on any atom is -0.386 e. The molecule has 1 aliphatic heterocycles. The monoisotopic (exact) mass is 406 g/mol. The molecule has 1 aromatic rings. The smallest absolute Gasteiger partial charge is 0.315 e. The number of amides is 1. The highest BCUT2D eigenvalue weighted by Gasteiger charge is 2.48. The van der Waals surface area contributed by atoms with Crippen molar-refractivity contribution in [1.82, 2.24) is 4.31 Å². The summed E-state index contributed by atoms with van der Waals surface area (Å²) >= 11 is 0. The molecule has 1 aromatic carbocycles. The van der Waals surface area contributed by atoms with E-state index in [0.29, 0.717) is 0 Å². The van der Waals surface area contributed by atoms with E-state index in [1.54, 1.807) is 0 Å². The standard InChI is InChI=1S/C16H21F3N4O3S/c1-15(2)14(20)22-16(3,8-23(4)27(15,25)26)10-7-9(5-6-11(10)17)21-13(24)12(18)19/h5-7,12H,8H2,1-4H3,(H2,20,22)(H,21,24). The molecule has 150 valence electrons. The first kappa shape index (κ1) is 21.2.